The lowest BCUT2D eigenvalue weighted by Gasteiger charge is -2.23. The van der Waals surface area contributed by atoms with Crippen LogP contribution >= 0.6 is 11.6 Å². The molecule has 5 heteroatoms. The molecular weight excluding hydrogens is 360 g/mol. The molecular formula is C22H21ClN2O2. The van der Waals surface area contributed by atoms with Crippen LogP contribution in [0.1, 0.15) is 46.6 Å². The topological polar surface area (TPSA) is 44.1 Å². The second-order valence-electron chi connectivity index (χ2n) is 6.79. The average Bonchev–Trinajstić information content (AvgIpc) is 3.08. The van der Waals surface area contributed by atoms with Gasteiger partial charge in [0.25, 0.3) is 0 Å². The van der Waals surface area contributed by atoms with Gasteiger partial charge in [-0.05, 0) is 42.5 Å². The van der Waals surface area contributed by atoms with Crippen LogP contribution in [0, 0.1) is 0 Å². The van der Waals surface area contributed by atoms with Crippen molar-refractivity contribution in [1.82, 2.24) is 9.78 Å². The molecule has 1 aromatic heterocycles. The summed E-state index contributed by atoms with van der Waals surface area (Å²) < 4.78 is 7.38. The Bertz CT molecular complexity index is 995. The van der Waals surface area contributed by atoms with Crippen molar-refractivity contribution in [2.24, 2.45) is 0 Å². The number of methoxy groups -OCH3 is 1. The number of ether oxygens (including phenoxy) is 1. The van der Waals surface area contributed by atoms with Crippen molar-refractivity contribution in [1.29, 1.82) is 0 Å². The summed E-state index contributed by atoms with van der Waals surface area (Å²) in [7, 11) is 1.63. The number of benzene rings is 2. The first-order valence-electron chi connectivity index (χ1n) is 9.15. The van der Waals surface area contributed by atoms with E-state index in [1.165, 1.54) is 5.56 Å². The number of Topliss-reactive ketones (excluding diaryl/α,β-unsaturated/α-hetero) is 1. The Labute approximate surface area is 163 Å². The molecule has 0 N–H and O–H groups in total. The van der Waals surface area contributed by atoms with Gasteiger partial charge in [0.15, 0.2) is 5.78 Å². The molecule has 1 aliphatic rings. The van der Waals surface area contributed by atoms with Gasteiger partial charge in [-0.2, -0.15) is 5.10 Å². The van der Waals surface area contributed by atoms with Crippen molar-refractivity contribution in [3.63, 3.8) is 0 Å². The molecule has 1 heterocycles. The second-order valence-corrected chi connectivity index (χ2v) is 7.23. The zero-order valence-electron chi connectivity index (χ0n) is 15.4. The molecule has 27 heavy (non-hydrogen) atoms. The average molecular weight is 381 g/mol. The molecule has 0 amide bonds. The van der Waals surface area contributed by atoms with Gasteiger partial charge in [0.05, 0.1) is 24.1 Å². The molecule has 1 unspecified atom stereocenters. The number of rotatable bonds is 4. The van der Waals surface area contributed by atoms with Crippen LogP contribution in [-0.2, 0) is 12.8 Å². The van der Waals surface area contributed by atoms with E-state index in [0.717, 1.165) is 29.1 Å². The number of aromatic nitrogens is 2. The number of fused-ring (bicyclic) bond motifs is 1. The number of nitrogens with zero attached hydrogens (tertiary/aromatic N) is 2. The van der Waals surface area contributed by atoms with Crippen LogP contribution in [0.3, 0.4) is 0 Å². The fraction of sp³-hybridized carbons (Fsp3) is 0.273. The summed E-state index contributed by atoms with van der Waals surface area (Å²) in [6.07, 6.45) is 1.98. The predicted molar refractivity (Wildman–Crippen MR) is 106 cm³/mol. The van der Waals surface area contributed by atoms with E-state index in [-0.39, 0.29) is 11.7 Å². The lowest BCUT2D eigenvalue weighted by molar-refractivity contribution is 0.0963. The Morgan fingerprint density at radius 3 is 2.67 bits per heavy atom. The monoisotopic (exact) mass is 380 g/mol. The van der Waals surface area contributed by atoms with Gasteiger partial charge in [0, 0.05) is 11.4 Å². The number of hydrogen-bond acceptors (Lipinski definition) is 3. The summed E-state index contributed by atoms with van der Waals surface area (Å²) >= 11 is 6.24. The van der Waals surface area contributed by atoms with Crippen LogP contribution in [0.5, 0.6) is 5.75 Å². The van der Waals surface area contributed by atoms with Crippen LogP contribution in [-0.4, -0.2) is 22.7 Å². The third-order valence-corrected chi connectivity index (χ3v) is 5.41. The van der Waals surface area contributed by atoms with E-state index in [0.29, 0.717) is 23.6 Å². The van der Waals surface area contributed by atoms with Crippen LogP contribution in [0.15, 0.2) is 48.5 Å². The normalized spacial score (nSPS) is 16.3. The number of carbonyl (C=O) groups excluding carboxylic acids is 1. The van der Waals surface area contributed by atoms with E-state index >= 15 is 0 Å². The Morgan fingerprint density at radius 1 is 1.19 bits per heavy atom. The highest BCUT2D eigenvalue weighted by Gasteiger charge is 2.33. The maximum atomic E-state index is 13.0. The van der Waals surface area contributed by atoms with Crippen LogP contribution in [0.4, 0.5) is 0 Å². The first kappa shape index (κ1) is 17.8. The van der Waals surface area contributed by atoms with Crippen molar-refractivity contribution >= 4 is 17.4 Å². The molecule has 138 valence electrons. The highest BCUT2D eigenvalue weighted by Crippen LogP contribution is 2.37. The van der Waals surface area contributed by atoms with Gasteiger partial charge in [0.1, 0.15) is 11.4 Å². The number of carbonyl (C=O) groups is 1. The fourth-order valence-corrected chi connectivity index (χ4v) is 4.05. The molecule has 1 atom stereocenters. The van der Waals surface area contributed by atoms with Gasteiger partial charge < -0.3 is 4.74 Å². The standard InChI is InChI=1S/C22H21ClN2O2/c1-3-17-22-19(11-15(12-20(22)26)14-7-5-4-6-8-14)25(24-17)18-13-16(23)9-10-21(18)27-2/h4-10,13,15H,3,11-12H2,1-2H3. The van der Waals surface area contributed by atoms with Crippen molar-refractivity contribution in [3.05, 3.63) is 76.1 Å². The Balaban J connectivity index is 1.87. The molecule has 3 aromatic rings. The summed E-state index contributed by atoms with van der Waals surface area (Å²) in [6.45, 7) is 2.03. The van der Waals surface area contributed by atoms with Crippen molar-refractivity contribution in [3.8, 4) is 11.4 Å². The molecule has 0 fully saturated rings. The van der Waals surface area contributed by atoms with Crippen molar-refractivity contribution in [2.45, 2.75) is 32.1 Å². The Kier molecular flexibility index (Phi) is 4.75. The van der Waals surface area contributed by atoms with E-state index in [1.807, 2.05) is 41.9 Å². The smallest absolute Gasteiger partial charge is 0.167 e. The van der Waals surface area contributed by atoms with Gasteiger partial charge in [-0.25, -0.2) is 4.68 Å². The minimum Gasteiger partial charge on any atom is -0.494 e. The molecule has 0 saturated heterocycles. The van der Waals surface area contributed by atoms with Gasteiger partial charge in [-0.1, -0.05) is 48.9 Å². The van der Waals surface area contributed by atoms with E-state index in [2.05, 4.69) is 12.1 Å². The Morgan fingerprint density at radius 2 is 1.96 bits per heavy atom. The third-order valence-electron chi connectivity index (χ3n) is 5.18. The molecule has 4 rings (SSSR count). The zero-order chi connectivity index (χ0) is 19.0. The summed E-state index contributed by atoms with van der Waals surface area (Å²) in [6, 6.07) is 15.7. The quantitative estimate of drug-likeness (QED) is 0.639. The lowest BCUT2D eigenvalue weighted by Crippen LogP contribution is -2.21. The predicted octanol–water partition coefficient (Wildman–Crippen LogP) is 5.01. The second kappa shape index (κ2) is 7.20. The van der Waals surface area contributed by atoms with E-state index in [4.69, 9.17) is 21.4 Å². The van der Waals surface area contributed by atoms with Gasteiger partial charge in [-0.15, -0.1) is 0 Å². The van der Waals surface area contributed by atoms with E-state index in [1.54, 1.807) is 13.2 Å². The maximum Gasteiger partial charge on any atom is 0.167 e. The molecule has 0 radical (unpaired) electrons. The van der Waals surface area contributed by atoms with Crippen LogP contribution in [0.2, 0.25) is 5.02 Å². The summed E-state index contributed by atoms with van der Waals surface area (Å²) in [5.41, 5.74) is 4.50. The third kappa shape index (κ3) is 3.15. The number of ketones is 1. The van der Waals surface area contributed by atoms with Gasteiger partial charge >= 0.3 is 0 Å². The maximum absolute atomic E-state index is 13.0. The summed E-state index contributed by atoms with van der Waals surface area (Å²) in [5.74, 6) is 0.993. The van der Waals surface area contributed by atoms with Crippen LogP contribution in [0.25, 0.3) is 5.69 Å². The fourth-order valence-electron chi connectivity index (χ4n) is 3.88. The highest BCUT2D eigenvalue weighted by atomic mass is 35.5. The molecule has 2 aromatic carbocycles. The van der Waals surface area contributed by atoms with Crippen molar-refractivity contribution in [2.75, 3.05) is 7.11 Å². The molecule has 0 aliphatic heterocycles. The summed E-state index contributed by atoms with van der Waals surface area (Å²) in [5, 5.41) is 5.37. The van der Waals surface area contributed by atoms with Crippen LogP contribution < -0.4 is 4.74 Å². The summed E-state index contributed by atoms with van der Waals surface area (Å²) in [4.78, 5) is 13.0. The zero-order valence-corrected chi connectivity index (χ0v) is 16.2. The molecule has 4 nitrogen and oxygen atoms in total. The molecule has 1 aliphatic carbocycles. The first-order chi connectivity index (χ1) is 13.1. The minimum atomic E-state index is 0.150. The molecule has 0 spiro atoms. The van der Waals surface area contributed by atoms with E-state index in [9.17, 15) is 4.79 Å². The highest BCUT2D eigenvalue weighted by molar-refractivity contribution is 6.30. The number of halogens is 1. The van der Waals surface area contributed by atoms with Crippen molar-refractivity contribution < 1.29 is 9.53 Å². The SMILES string of the molecule is CCc1nn(-c2cc(Cl)ccc2OC)c2c1C(=O)CC(c1ccccc1)C2. The lowest BCUT2D eigenvalue weighted by atomic mass is 9.81. The minimum absolute atomic E-state index is 0.150. The largest absolute Gasteiger partial charge is 0.494 e. The molecule has 0 saturated carbocycles. The number of aryl methyl sites for hydroxylation is 1. The molecule has 0 bridgehead atoms. The van der Waals surface area contributed by atoms with Gasteiger partial charge in [0.2, 0.25) is 0 Å². The number of hydrogen-bond donors (Lipinski definition) is 0. The van der Waals surface area contributed by atoms with Gasteiger partial charge in [-0.3, -0.25) is 4.79 Å². The Hall–Kier alpha value is -2.59. The first-order valence-corrected chi connectivity index (χ1v) is 9.53. The van der Waals surface area contributed by atoms with E-state index < -0.39 is 0 Å².